The first kappa shape index (κ1) is 13.6. The lowest BCUT2D eigenvalue weighted by Gasteiger charge is -2.33. The van der Waals surface area contributed by atoms with Gasteiger partial charge < -0.3 is 9.42 Å². The van der Waals surface area contributed by atoms with Crippen molar-refractivity contribution in [2.45, 2.75) is 45.1 Å². The van der Waals surface area contributed by atoms with Gasteiger partial charge >= 0.3 is 0 Å². The highest BCUT2D eigenvalue weighted by Gasteiger charge is 2.27. The van der Waals surface area contributed by atoms with Gasteiger partial charge in [0.2, 0.25) is 0 Å². The molecule has 0 radical (unpaired) electrons. The molecule has 18 heavy (non-hydrogen) atoms. The molecule has 5 heteroatoms. The molecule has 2 rings (SSSR count). The maximum atomic E-state index is 12.5. The second-order valence-electron chi connectivity index (χ2n) is 4.78. The Morgan fingerprint density at radius 3 is 2.78 bits per heavy atom. The molecular formula is C13H19BrN2O2. The van der Waals surface area contributed by atoms with Gasteiger partial charge in [-0.05, 0) is 19.8 Å². The average molecular weight is 315 g/mol. The molecule has 0 saturated heterocycles. The van der Waals surface area contributed by atoms with Crippen LogP contribution < -0.4 is 0 Å². The molecule has 1 saturated carbocycles. The van der Waals surface area contributed by atoms with Gasteiger partial charge in [0.15, 0.2) is 0 Å². The number of alkyl halides is 1. The number of nitrogens with zero attached hydrogens (tertiary/aromatic N) is 2. The van der Waals surface area contributed by atoms with Gasteiger partial charge in [-0.1, -0.05) is 40.3 Å². The predicted molar refractivity (Wildman–Crippen MR) is 72.9 cm³/mol. The molecule has 1 aliphatic rings. The van der Waals surface area contributed by atoms with Crippen LogP contribution in [-0.4, -0.2) is 33.9 Å². The van der Waals surface area contributed by atoms with Gasteiger partial charge in [-0.25, -0.2) is 0 Å². The summed E-state index contributed by atoms with van der Waals surface area (Å²) in [5, 5.41) is 4.50. The van der Waals surface area contributed by atoms with Crippen LogP contribution in [0.5, 0.6) is 0 Å². The van der Waals surface area contributed by atoms with E-state index in [4.69, 9.17) is 4.52 Å². The number of carbonyl (C=O) groups is 1. The van der Waals surface area contributed by atoms with E-state index >= 15 is 0 Å². The summed E-state index contributed by atoms with van der Waals surface area (Å²) in [6.07, 6.45) is 7.49. The Morgan fingerprint density at radius 1 is 1.50 bits per heavy atom. The number of halogens is 1. The van der Waals surface area contributed by atoms with Crippen molar-refractivity contribution < 1.29 is 9.32 Å². The average Bonchev–Trinajstić information content (AvgIpc) is 2.82. The molecule has 1 amide bonds. The summed E-state index contributed by atoms with van der Waals surface area (Å²) in [6.45, 7) is 2.53. The second-order valence-corrected chi connectivity index (χ2v) is 5.57. The number of rotatable bonds is 4. The van der Waals surface area contributed by atoms with Gasteiger partial charge in [-0.15, -0.1) is 0 Å². The Labute approximate surface area is 116 Å². The summed E-state index contributed by atoms with van der Waals surface area (Å²) in [6, 6.07) is 0.373. The Balaban J connectivity index is 2.13. The van der Waals surface area contributed by atoms with E-state index in [0.29, 0.717) is 17.4 Å². The molecule has 100 valence electrons. The monoisotopic (exact) mass is 314 g/mol. The molecule has 0 N–H and O–H groups in total. The van der Waals surface area contributed by atoms with Crippen molar-refractivity contribution in [3.63, 3.8) is 0 Å². The van der Waals surface area contributed by atoms with Crippen molar-refractivity contribution in [2.24, 2.45) is 0 Å². The fraction of sp³-hybridized carbons (Fsp3) is 0.692. The van der Waals surface area contributed by atoms with Crippen molar-refractivity contribution >= 4 is 21.8 Å². The van der Waals surface area contributed by atoms with E-state index in [0.717, 1.165) is 24.7 Å². The lowest BCUT2D eigenvalue weighted by Crippen LogP contribution is -2.42. The summed E-state index contributed by atoms with van der Waals surface area (Å²) < 4.78 is 4.99. The molecular weight excluding hydrogens is 296 g/mol. The summed E-state index contributed by atoms with van der Waals surface area (Å²) in [4.78, 5) is 14.5. The lowest BCUT2D eigenvalue weighted by atomic mass is 9.94. The number of aryl methyl sites for hydroxylation is 1. The Bertz CT molecular complexity index is 399. The first-order valence-electron chi connectivity index (χ1n) is 6.52. The fourth-order valence-electron chi connectivity index (χ4n) is 2.59. The number of carbonyl (C=O) groups excluding carboxylic acids is 1. The van der Waals surface area contributed by atoms with Gasteiger partial charge in [0.1, 0.15) is 11.3 Å². The van der Waals surface area contributed by atoms with Gasteiger partial charge in [0, 0.05) is 17.9 Å². The zero-order chi connectivity index (χ0) is 13.0. The summed E-state index contributed by atoms with van der Waals surface area (Å²) in [5.41, 5.74) is 0.599. The van der Waals surface area contributed by atoms with E-state index in [-0.39, 0.29) is 5.91 Å². The van der Waals surface area contributed by atoms with E-state index in [2.05, 4.69) is 21.1 Å². The highest BCUT2D eigenvalue weighted by atomic mass is 79.9. The van der Waals surface area contributed by atoms with Gasteiger partial charge in [0.25, 0.3) is 5.91 Å². The number of hydrogen-bond acceptors (Lipinski definition) is 3. The Hall–Kier alpha value is -0.840. The SMILES string of the molecule is Cc1oncc1C(=O)N(CCBr)C1CCCCC1. The number of hydrogen-bond donors (Lipinski definition) is 0. The molecule has 4 nitrogen and oxygen atoms in total. The molecule has 0 unspecified atom stereocenters. The van der Waals surface area contributed by atoms with Crippen molar-refractivity contribution in [3.05, 3.63) is 17.5 Å². The van der Waals surface area contributed by atoms with E-state index in [1.54, 1.807) is 6.92 Å². The van der Waals surface area contributed by atoms with Crippen molar-refractivity contribution in [3.8, 4) is 0 Å². The molecule has 0 spiro atoms. The lowest BCUT2D eigenvalue weighted by molar-refractivity contribution is 0.0649. The van der Waals surface area contributed by atoms with Crippen LogP contribution in [0.1, 0.15) is 48.2 Å². The maximum absolute atomic E-state index is 12.5. The smallest absolute Gasteiger partial charge is 0.259 e. The van der Waals surface area contributed by atoms with Crippen LogP contribution in [0.25, 0.3) is 0 Å². The molecule has 1 aromatic heterocycles. The molecule has 0 aromatic carbocycles. The van der Waals surface area contributed by atoms with Gasteiger partial charge in [0.05, 0.1) is 6.20 Å². The van der Waals surface area contributed by atoms with Crippen LogP contribution in [0.3, 0.4) is 0 Å². The fourth-order valence-corrected chi connectivity index (χ4v) is 2.97. The third-order valence-electron chi connectivity index (χ3n) is 3.58. The summed E-state index contributed by atoms with van der Waals surface area (Å²) in [7, 11) is 0. The number of amides is 1. The minimum atomic E-state index is 0.0556. The molecule has 1 fully saturated rings. The molecule has 0 bridgehead atoms. The van der Waals surface area contributed by atoms with E-state index in [1.165, 1.54) is 25.5 Å². The third kappa shape index (κ3) is 2.94. The van der Waals surface area contributed by atoms with Crippen LogP contribution in [0.15, 0.2) is 10.7 Å². The highest BCUT2D eigenvalue weighted by Crippen LogP contribution is 2.24. The topological polar surface area (TPSA) is 46.3 Å². The van der Waals surface area contributed by atoms with Gasteiger partial charge in [-0.2, -0.15) is 0 Å². The van der Waals surface area contributed by atoms with Crippen molar-refractivity contribution in [1.82, 2.24) is 10.1 Å². The molecule has 0 aliphatic heterocycles. The Kier molecular flexibility index (Phi) is 4.80. The van der Waals surface area contributed by atoms with E-state index < -0.39 is 0 Å². The minimum Gasteiger partial charge on any atom is -0.361 e. The molecule has 1 heterocycles. The van der Waals surface area contributed by atoms with Crippen molar-refractivity contribution in [1.29, 1.82) is 0 Å². The van der Waals surface area contributed by atoms with Crippen molar-refractivity contribution in [2.75, 3.05) is 11.9 Å². The van der Waals surface area contributed by atoms with Crippen LogP contribution >= 0.6 is 15.9 Å². The van der Waals surface area contributed by atoms with Crippen LogP contribution in [0.4, 0.5) is 0 Å². The predicted octanol–water partition coefficient (Wildman–Crippen LogP) is 3.15. The van der Waals surface area contributed by atoms with E-state index in [1.807, 2.05) is 4.90 Å². The minimum absolute atomic E-state index is 0.0556. The third-order valence-corrected chi connectivity index (χ3v) is 3.94. The zero-order valence-electron chi connectivity index (χ0n) is 10.7. The molecule has 0 atom stereocenters. The summed E-state index contributed by atoms with van der Waals surface area (Å²) in [5.74, 6) is 0.662. The highest BCUT2D eigenvalue weighted by molar-refractivity contribution is 9.09. The molecule has 1 aromatic rings. The maximum Gasteiger partial charge on any atom is 0.259 e. The normalized spacial score (nSPS) is 16.8. The summed E-state index contributed by atoms with van der Waals surface area (Å²) >= 11 is 3.43. The largest absolute Gasteiger partial charge is 0.361 e. The van der Waals surface area contributed by atoms with Crippen LogP contribution in [0.2, 0.25) is 0 Å². The Morgan fingerprint density at radius 2 is 2.22 bits per heavy atom. The zero-order valence-corrected chi connectivity index (χ0v) is 12.3. The number of aromatic nitrogens is 1. The quantitative estimate of drug-likeness (QED) is 0.802. The molecule has 1 aliphatic carbocycles. The standard InChI is InChI=1S/C13H19BrN2O2/c1-10-12(9-15-18-10)13(17)16(8-7-14)11-5-3-2-4-6-11/h9,11H,2-8H2,1H3. The first-order valence-corrected chi connectivity index (χ1v) is 7.64. The van der Waals surface area contributed by atoms with Crippen LogP contribution in [-0.2, 0) is 0 Å². The van der Waals surface area contributed by atoms with E-state index in [9.17, 15) is 4.79 Å². The van der Waals surface area contributed by atoms with Gasteiger partial charge in [-0.3, -0.25) is 4.79 Å². The second kappa shape index (κ2) is 6.36. The first-order chi connectivity index (χ1) is 8.74. The van der Waals surface area contributed by atoms with Crippen LogP contribution in [0, 0.1) is 6.92 Å².